The molecule has 5 heteroatoms. The summed E-state index contributed by atoms with van der Waals surface area (Å²) >= 11 is 1.91. The standard InChI is InChI=1S/C12H24N2O2S/c1-10(2)11(13-4-3-7-15)12(16)14-5-8-17-9-6-14/h10-11,13,15H,3-9H2,1-2H3/t11-/m0/s1. The van der Waals surface area contributed by atoms with Gasteiger partial charge in [-0.2, -0.15) is 11.8 Å². The number of carbonyl (C=O) groups is 1. The Bertz CT molecular complexity index is 231. The molecule has 1 atom stereocenters. The second-order valence-corrected chi connectivity index (χ2v) is 5.92. The van der Waals surface area contributed by atoms with Crippen molar-refractivity contribution in [1.82, 2.24) is 10.2 Å². The molecule has 0 saturated carbocycles. The van der Waals surface area contributed by atoms with Crippen molar-refractivity contribution in [3.05, 3.63) is 0 Å². The third-order valence-electron chi connectivity index (χ3n) is 2.95. The van der Waals surface area contributed by atoms with Crippen LogP contribution < -0.4 is 5.32 Å². The third kappa shape index (κ3) is 4.85. The molecule has 1 fully saturated rings. The number of amides is 1. The molecular weight excluding hydrogens is 236 g/mol. The minimum atomic E-state index is -0.107. The lowest BCUT2D eigenvalue weighted by Gasteiger charge is -2.32. The highest BCUT2D eigenvalue weighted by Gasteiger charge is 2.27. The van der Waals surface area contributed by atoms with Gasteiger partial charge in [-0.25, -0.2) is 0 Å². The summed E-state index contributed by atoms with van der Waals surface area (Å²) in [7, 11) is 0. The highest BCUT2D eigenvalue weighted by molar-refractivity contribution is 7.99. The summed E-state index contributed by atoms with van der Waals surface area (Å²) in [5.74, 6) is 2.61. The zero-order chi connectivity index (χ0) is 12.7. The van der Waals surface area contributed by atoms with Crippen LogP contribution in [0, 0.1) is 5.92 Å². The quantitative estimate of drug-likeness (QED) is 0.685. The molecule has 0 bridgehead atoms. The highest BCUT2D eigenvalue weighted by atomic mass is 32.2. The van der Waals surface area contributed by atoms with E-state index in [4.69, 9.17) is 5.11 Å². The number of aliphatic hydroxyl groups excluding tert-OH is 1. The average molecular weight is 260 g/mol. The van der Waals surface area contributed by atoms with E-state index in [2.05, 4.69) is 19.2 Å². The summed E-state index contributed by atoms with van der Waals surface area (Å²) in [5, 5.41) is 12.0. The zero-order valence-electron chi connectivity index (χ0n) is 10.8. The molecular formula is C12H24N2O2S. The number of aliphatic hydroxyl groups is 1. The van der Waals surface area contributed by atoms with Gasteiger partial charge >= 0.3 is 0 Å². The summed E-state index contributed by atoms with van der Waals surface area (Å²) in [4.78, 5) is 14.3. The van der Waals surface area contributed by atoms with E-state index in [1.54, 1.807) is 0 Å². The lowest BCUT2D eigenvalue weighted by molar-refractivity contribution is -0.134. The number of hydrogen-bond donors (Lipinski definition) is 2. The Balaban J connectivity index is 2.46. The Labute approximate surface area is 108 Å². The van der Waals surface area contributed by atoms with E-state index in [-0.39, 0.29) is 24.5 Å². The van der Waals surface area contributed by atoms with E-state index in [0.29, 0.717) is 13.0 Å². The molecule has 1 aliphatic rings. The predicted octanol–water partition coefficient (Wildman–Crippen LogP) is 0.558. The monoisotopic (exact) mass is 260 g/mol. The molecule has 1 amide bonds. The molecule has 2 N–H and O–H groups in total. The van der Waals surface area contributed by atoms with Crippen LogP contribution in [-0.4, -0.2) is 59.7 Å². The van der Waals surface area contributed by atoms with E-state index in [9.17, 15) is 4.79 Å². The number of thioether (sulfide) groups is 1. The van der Waals surface area contributed by atoms with Gasteiger partial charge in [-0.15, -0.1) is 0 Å². The van der Waals surface area contributed by atoms with Crippen LogP contribution >= 0.6 is 11.8 Å². The molecule has 0 spiro atoms. The summed E-state index contributed by atoms with van der Waals surface area (Å²) in [5.41, 5.74) is 0. The minimum Gasteiger partial charge on any atom is -0.396 e. The van der Waals surface area contributed by atoms with Crippen molar-refractivity contribution >= 4 is 17.7 Å². The Morgan fingerprint density at radius 2 is 2.06 bits per heavy atom. The van der Waals surface area contributed by atoms with Crippen LogP contribution in [-0.2, 0) is 4.79 Å². The molecule has 1 heterocycles. The Morgan fingerprint density at radius 1 is 1.41 bits per heavy atom. The van der Waals surface area contributed by atoms with Crippen molar-refractivity contribution in [2.24, 2.45) is 5.92 Å². The normalized spacial score (nSPS) is 18.5. The van der Waals surface area contributed by atoms with Gasteiger partial charge in [-0.05, 0) is 18.9 Å². The molecule has 0 unspecified atom stereocenters. The van der Waals surface area contributed by atoms with E-state index >= 15 is 0 Å². The molecule has 1 aliphatic heterocycles. The number of nitrogens with one attached hydrogen (secondary N) is 1. The maximum absolute atomic E-state index is 12.3. The number of rotatable bonds is 6. The lowest BCUT2D eigenvalue weighted by Crippen LogP contribution is -2.51. The van der Waals surface area contributed by atoms with Crippen molar-refractivity contribution in [3.8, 4) is 0 Å². The Hall–Kier alpha value is -0.260. The van der Waals surface area contributed by atoms with E-state index in [1.165, 1.54) is 0 Å². The predicted molar refractivity (Wildman–Crippen MR) is 72.2 cm³/mol. The topological polar surface area (TPSA) is 52.6 Å². The molecule has 0 aromatic rings. The molecule has 0 aromatic heterocycles. The first-order chi connectivity index (χ1) is 8.16. The fraction of sp³-hybridized carbons (Fsp3) is 0.917. The van der Waals surface area contributed by atoms with Gasteiger partial charge in [-0.1, -0.05) is 13.8 Å². The van der Waals surface area contributed by atoms with Crippen molar-refractivity contribution in [3.63, 3.8) is 0 Å². The summed E-state index contributed by atoms with van der Waals surface area (Å²) in [6.45, 7) is 6.74. The first-order valence-electron chi connectivity index (χ1n) is 6.37. The van der Waals surface area contributed by atoms with E-state index < -0.39 is 0 Å². The molecule has 1 saturated heterocycles. The maximum atomic E-state index is 12.3. The summed E-state index contributed by atoms with van der Waals surface area (Å²) < 4.78 is 0. The number of nitrogens with zero attached hydrogens (tertiary/aromatic N) is 1. The second-order valence-electron chi connectivity index (χ2n) is 4.69. The largest absolute Gasteiger partial charge is 0.396 e. The molecule has 1 rings (SSSR count). The van der Waals surface area contributed by atoms with Gasteiger partial charge in [0.1, 0.15) is 0 Å². The molecule has 100 valence electrons. The Kier molecular flexibility index (Phi) is 6.92. The fourth-order valence-electron chi connectivity index (χ4n) is 1.93. The summed E-state index contributed by atoms with van der Waals surface area (Å²) in [6, 6.07) is -0.107. The van der Waals surface area contributed by atoms with Crippen LogP contribution in [0.5, 0.6) is 0 Å². The van der Waals surface area contributed by atoms with Crippen LogP contribution in [0.25, 0.3) is 0 Å². The van der Waals surface area contributed by atoms with Crippen molar-refractivity contribution in [2.75, 3.05) is 37.7 Å². The van der Waals surface area contributed by atoms with Gasteiger partial charge in [0, 0.05) is 31.2 Å². The molecule has 0 aliphatic carbocycles. The zero-order valence-corrected chi connectivity index (χ0v) is 11.6. The van der Waals surface area contributed by atoms with Crippen LogP contribution in [0.1, 0.15) is 20.3 Å². The number of carbonyl (C=O) groups excluding carboxylic acids is 1. The van der Waals surface area contributed by atoms with Gasteiger partial charge < -0.3 is 15.3 Å². The second kappa shape index (κ2) is 7.95. The lowest BCUT2D eigenvalue weighted by atomic mass is 10.0. The van der Waals surface area contributed by atoms with Gasteiger partial charge in [0.15, 0.2) is 0 Å². The highest BCUT2D eigenvalue weighted by Crippen LogP contribution is 2.13. The van der Waals surface area contributed by atoms with E-state index in [0.717, 1.165) is 24.6 Å². The van der Waals surface area contributed by atoms with Crippen LogP contribution in [0.15, 0.2) is 0 Å². The molecule has 17 heavy (non-hydrogen) atoms. The van der Waals surface area contributed by atoms with Gasteiger partial charge in [0.05, 0.1) is 6.04 Å². The Morgan fingerprint density at radius 3 is 2.59 bits per heavy atom. The van der Waals surface area contributed by atoms with Crippen LogP contribution in [0.2, 0.25) is 0 Å². The fourth-order valence-corrected chi connectivity index (χ4v) is 2.83. The first-order valence-corrected chi connectivity index (χ1v) is 7.53. The van der Waals surface area contributed by atoms with E-state index in [1.807, 2.05) is 16.7 Å². The van der Waals surface area contributed by atoms with Crippen molar-refractivity contribution < 1.29 is 9.90 Å². The average Bonchev–Trinajstić information content (AvgIpc) is 2.34. The SMILES string of the molecule is CC(C)[C@H](NCCCO)C(=O)N1CCSCC1. The first kappa shape index (κ1) is 14.8. The van der Waals surface area contributed by atoms with Crippen LogP contribution in [0.3, 0.4) is 0 Å². The van der Waals surface area contributed by atoms with Crippen molar-refractivity contribution in [2.45, 2.75) is 26.3 Å². The number of hydrogen-bond acceptors (Lipinski definition) is 4. The van der Waals surface area contributed by atoms with Gasteiger partial charge in [0.2, 0.25) is 5.91 Å². The molecule has 0 aromatic carbocycles. The third-order valence-corrected chi connectivity index (χ3v) is 3.90. The van der Waals surface area contributed by atoms with Crippen LogP contribution in [0.4, 0.5) is 0 Å². The smallest absolute Gasteiger partial charge is 0.240 e. The van der Waals surface area contributed by atoms with Crippen molar-refractivity contribution in [1.29, 1.82) is 0 Å². The molecule has 4 nitrogen and oxygen atoms in total. The van der Waals surface area contributed by atoms with Gasteiger partial charge in [0.25, 0.3) is 0 Å². The van der Waals surface area contributed by atoms with Gasteiger partial charge in [-0.3, -0.25) is 4.79 Å². The molecule has 0 radical (unpaired) electrons. The minimum absolute atomic E-state index is 0.107. The summed E-state index contributed by atoms with van der Waals surface area (Å²) in [6.07, 6.45) is 0.701. The maximum Gasteiger partial charge on any atom is 0.240 e.